The first kappa shape index (κ1) is 5.86. The van der Waals surface area contributed by atoms with Gasteiger partial charge in [-0.2, -0.15) is 0 Å². The van der Waals surface area contributed by atoms with Crippen LogP contribution in [0.2, 0.25) is 0 Å². The molecule has 0 aliphatic rings. The second-order valence-electron chi connectivity index (χ2n) is 0.482. The maximum atomic E-state index is 4.48. The van der Waals surface area contributed by atoms with E-state index in [1.165, 1.54) is 0 Å². The molecule has 0 atom stereocenters. The van der Waals surface area contributed by atoms with E-state index >= 15 is 0 Å². The van der Waals surface area contributed by atoms with Gasteiger partial charge in [0.2, 0.25) is 0 Å². The number of nitrogens with one attached hydrogen (secondary N) is 1. The predicted octanol–water partition coefficient (Wildman–Crippen LogP) is 0.253. The fourth-order valence-corrected chi connectivity index (χ4v) is 0. The summed E-state index contributed by atoms with van der Waals surface area (Å²) in [5, 5.41) is 0. The Hall–Kier alpha value is 0.863. The molecule has 0 aromatic carbocycles. The van der Waals surface area contributed by atoms with E-state index in [0.29, 0.717) is 4.32 Å². The third kappa shape index (κ3) is 4.86. The summed E-state index contributed by atoms with van der Waals surface area (Å²) in [4.78, 5) is 0. The second-order valence-corrected chi connectivity index (χ2v) is 2.38. The van der Waals surface area contributed by atoms with Crippen molar-refractivity contribution in [3.63, 3.8) is 0 Å². The van der Waals surface area contributed by atoms with E-state index in [-0.39, 0.29) is 0 Å². The normalized spacial score (nSPS) is 7.00. The molecule has 0 unspecified atom stereocenters. The van der Waals surface area contributed by atoms with Crippen molar-refractivity contribution in [1.82, 2.24) is 4.06 Å². The zero-order chi connectivity index (χ0) is 4.28. The molecule has 0 saturated carbocycles. The van der Waals surface area contributed by atoms with Crippen LogP contribution in [-0.4, -0.2) is 4.32 Å². The maximum absolute atomic E-state index is 4.48. The third-order valence-corrected chi connectivity index (χ3v) is 2.36. The molecule has 0 fully saturated rings. The minimum atomic E-state index is 0.588. The fourth-order valence-electron chi connectivity index (χ4n) is 0. The topological polar surface area (TPSA) is 12.0 Å². The Bertz CT molecular complexity index is 44.9. The van der Waals surface area contributed by atoms with Crippen molar-refractivity contribution < 1.29 is 18.5 Å². The van der Waals surface area contributed by atoms with E-state index in [0.717, 1.165) is 18.5 Å². The van der Waals surface area contributed by atoms with Gasteiger partial charge in [0.1, 0.15) is 0 Å². The van der Waals surface area contributed by atoms with Gasteiger partial charge in [0.15, 0.2) is 0 Å². The van der Waals surface area contributed by atoms with Gasteiger partial charge in [0, 0.05) is 0 Å². The van der Waals surface area contributed by atoms with Crippen molar-refractivity contribution >= 4 is 29.2 Å². The van der Waals surface area contributed by atoms with E-state index < -0.39 is 0 Å². The van der Waals surface area contributed by atoms with Crippen LogP contribution < -0.4 is 4.06 Å². The Labute approximate surface area is 51.9 Å². The SMILES string of the molecule is S=C(S)[NH][Zn]. The van der Waals surface area contributed by atoms with Crippen LogP contribution in [0, 0.1) is 0 Å². The van der Waals surface area contributed by atoms with Crippen molar-refractivity contribution in [2.75, 3.05) is 0 Å². The number of hydrogen-bond donors (Lipinski definition) is 2. The summed E-state index contributed by atoms with van der Waals surface area (Å²) in [5.41, 5.74) is 0. The molecule has 1 N–H and O–H groups in total. The molecule has 5 heavy (non-hydrogen) atoms. The van der Waals surface area contributed by atoms with Gasteiger partial charge in [0.05, 0.1) is 0 Å². The van der Waals surface area contributed by atoms with Gasteiger partial charge >= 0.3 is 51.8 Å². The molecule has 1 nitrogen and oxygen atoms in total. The number of thiol groups is 1. The Morgan fingerprint density at radius 1 is 2.00 bits per heavy atom. The molecular weight excluding hydrogens is 156 g/mol. The van der Waals surface area contributed by atoms with Gasteiger partial charge in [-0.05, 0) is 0 Å². The summed E-state index contributed by atoms with van der Waals surface area (Å²) < 4.78 is 3.34. The summed E-state index contributed by atoms with van der Waals surface area (Å²) >= 11 is 9.22. The van der Waals surface area contributed by atoms with Crippen molar-refractivity contribution in [2.24, 2.45) is 0 Å². The van der Waals surface area contributed by atoms with E-state index in [2.05, 4.69) is 28.9 Å². The molecule has 0 spiro atoms. The molecule has 25 valence electrons. The van der Waals surface area contributed by atoms with Gasteiger partial charge in [-0.25, -0.2) is 0 Å². The molecule has 0 saturated heterocycles. The number of thiocarbonyl (C=S) groups is 1. The van der Waals surface area contributed by atoms with Gasteiger partial charge in [0.25, 0.3) is 0 Å². The Morgan fingerprint density at radius 2 is 2.20 bits per heavy atom. The van der Waals surface area contributed by atoms with E-state index in [1.807, 2.05) is 0 Å². The van der Waals surface area contributed by atoms with Crippen LogP contribution in [0.25, 0.3) is 0 Å². The van der Waals surface area contributed by atoms with Gasteiger partial charge in [-0.3, -0.25) is 0 Å². The Balaban J connectivity index is 2.85. The summed E-state index contributed by atoms with van der Waals surface area (Å²) in [6, 6.07) is 0. The predicted molar refractivity (Wildman–Crippen MR) is 24.7 cm³/mol. The first-order chi connectivity index (χ1) is 2.27. The van der Waals surface area contributed by atoms with Gasteiger partial charge in [-0.15, -0.1) is 0 Å². The minimum absolute atomic E-state index is 0.588. The van der Waals surface area contributed by atoms with E-state index in [9.17, 15) is 0 Å². The van der Waals surface area contributed by atoms with Crippen molar-refractivity contribution in [3.8, 4) is 0 Å². The quantitative estimate of drug-likeness (QED) is 0.297. The monoisotopic (exact) mass is 156 g/mol. The van der Waals surface area contributed by atoms with Crippen molar-refractivity contribution in [2.45, 2.75) is 0 Å². The van der Waals surface area contributed by atoms with Crippen LogP contribution in [-0.2, 0) is 18.5 Å². The van der Waals surface area contributed by atoms with Crippen molar-refractivity contribution in [3.05, 3.63) is 0 Å². The van der Waals surface area contributed by atoms with Crippen molar-refractivity contribution in [1.29, 1.82) is 0 Å². The van der Waals surface area contributed by atoms with Gasteiger partial charge < -0.3 is 0 Å². The molecule has 4 heteroatoms. The van der Waals surface area contributed by atoms with Crippen LogP contribution in [0.1, 0.15) is 0 Å². The van der Waals surface area contributed by atoms with Crippen LogP contribution in [0.3, 0.4) is 0 Å². The molecule has 0 heterocycles. The van der Waals surface area contributed by atoms with Crippen LogP contribution in [0.4, 0.5) is 0 Å². The second kappa shape index (κ2) is 3.07. The fraction of sp³-hybridized carbons (Fsp3) is 0. The van der Waals surface area contributed by atoms with E-state index in [1.54, 1.807) is 0 Å². The first-order valence-corrected chi connectivity index (χ1v) is 3.37. The molecular formula is CH2NS2Zn. The molecule has 0 aliphatic heterocycles. The number of rotatable bonds is 0. The Morgan fingerprint density at radius 3 is 2.20 bits per heavy atom. The standard InChI is InChI=1S/CH3NS2.Zn/c2-1(3)4;/h(H3,2,3,4);/q;+1/p-1. The zero-order valence-electron chi connectivity index (χ0n) is 2.56. The zero-order valence-corrected chi connectivity index (χ0v) is 7.24. The third-order valence-electron chi connectivity index (χ3n) is 0.151. The van der Waals surface area contributed by atoms with E-state index in [4.69, 9.17) is 0 Å². The molecule has 0 amide bonds. The molecule has 0 aromatic rings. The average Bonchev–Trinajstić information content (AvgIpc) is 1.38. The first-order valence-electron chi connectivity index (χ1n) is 1.03. The van der Waals surface area contributed by atoms with Crippen LogP contribution in [0.15, 0.2) is 0 Å². The molecule has 0 rings (SSSR count). The summed E-state index contributed by atoms with van der Waals surface area (Å²) in [5.74, 6) is 0. The summed E-state index contributed by atoms with van der Waals surface area (Å²) in [7, 11) is 0. The molecule has 0 aliphatic carbocycles. The van der Waals surface area contributed by atoms with Crippen LogP contribution in [0.5, 0.6) is 0 Å². The molecule has 0 bridgehead atoms. The summed E-state index contributed by atoms with van der Waals surface area (Å²) in [6.45, 7) is 0. The summed E-state index contributed by atoms with van der Waals surface area (Å²) in [6.07, 6.45) is 0. The number of hydrogen-bond acceptors (Lipinski definition) is 1. The van der Waals surface area contributed by atoms with Crippen LogP contribution >= 0.6 is 24.8 Å². The molecule has 0 radical (unpaired) electrons. The average molecular weight is 158 g/mol. The molecule has 0 aromatic heterocycles. The Kier molecular flexibility index (Phi) is 3.60. The van der Waals surface area contributed by atoms with Gasteiger partial charge in [-0.1, -0.05) is 0 Å².